The van der Waals surface area contributed by atoms with Crippen molar-refractivity contribution in [2.45, 2.75) is 6.04 Å². The summed E-state index contributed by atoms with van der Waals surface area (Å²) in [4.78, 5) is 22.7. The van der Waals surface area contributed by atoms with Gasteiger partial charge < -0.3 is 19.9 Å². The van der Waals surface area contributed by atoms with Crippen LogP contribution in [0.5, 0.6) is 0 Å². The highest BCUT2D eigenvalue weighted by Crippen LogP contribution is 2.12. The zero-order valence-electron chi connectivity index (χ0n) is 12.5. The van der Waals surface area contributed by atoms with Gasteiger partial charge in [-0.1, -0.05) is 30.3 Å². The molecule has 6 nitrogen and oxygen atoms in total. The molecule has 1 unspecified atom stereocenters. The summed E-state index contributed by atoms with van der Waals surface area (Å²) in [5.41, 5.74) is 0.990. The molecular formula is C16H19NO5. The van der Waals surface area contributed by atoms with Crippen LogP contribution in [0, 0.1) is 0 Å². The van der Waals surface area contributed by atoms with Crippen LogP contribution in [0.4, 0.5) is 0 Å². The first kappa shape index (κ1) is 17.5. The predicted octanol–water partition coefficient (Wildman–Crippen LogP) is 1.10. The van der Waals surface area contributed by atoms with Crippen LogP contribution < -0.4 is 5.32 Å². The second-order valence-corrected chi connectivity index (χ2v) is 4.26. The fourth-order valence-electron chi connectivity index (χ4n) is 1.65. The van der Waals surface area contributed by atoms with Gasteiger partial charge in [-0.15, -0.1) is 0 Å². The molecule has 0 fully saturated rings. The standard InChI is InChI=1S/C16H19NO5/c1-21-15(19)9-8-13(16(20)22-2)10-17-14(11-18)12-6-4-3-5-7-12/h3-10,14,17-18H,11H2,1-2H3/b9-8+,13-10+. The molecule has 1 aromatic carbocycles. The maximum atomic E-state index is 11.7. The number of benzene rings is 1. The monoisotopic (exact) mass is 305 g/mol. The van der Waals surface area contributed by atoms with Crippen molar-refractivity contribution in [3.63, 3.8) is 0 Å². The average molecular weight is 305 g/mol. The molecule has 0 saturated heterocycles. The number of aliphatic hydroxyl groups is 1. The number of carbonyl (C=O) groups is 2. The molecule has 0 saturated carbocycles. The Morgan fingerprint density at radius 2 is 1.86 bits per heavy atom. The van der Waals surface area contributed by atoms with E-state index in [2.05, 4.69) is 14.8 Å². The summed E-state index contributed by atoms with van der Waals surface area (Å²) in [7, 11) is 2.48. The van der Waals surface area contributed by atoms with Gasteiger partial charge in [0.25, 0.3) is 0 Å². The van der Waals surface area contributed by atoms with Gasteiger partial charge in [-0.05, 0) is 11.6 Å². The van der Waals surface area contributed by atoms with Crippen LogP contribution >= 0.6 is 0 Å². The molecule has 0 aliphatic heterocycles. The lowest BCUT2D eigenvalue weighted by Crippen LogP contribution is -2.21. The zero-order chi connectivity index (χ0) is 16.4. The lowest BCUT2D eigenvalue weighted by Gasteiger charge is -2.15. The van der Waals surface area contributed by atoms with Crippen LogP contribution in [0.15, 0.2) is 54.3 Å². The second kappa shape index (κ2) is 9.36. The van der Waals surface area contributed by atoms with Gasteiger partial charge in [-0.3, -0.25) is 0 Å². The summed E-state index contributed by atoms with van der Waals surface area (Å²) in [5, 5.41) is 12.4. The maximum absolute atomic E-state index is 11.7. The van der Waals surface area contributed by atoms with Crippen molar-refractivity contribution < 1.29 is 24.2 Å². The molecule has 0 radical (unpaired) electrons. The van der Waals surface area contributed by atoms with Crippen molar-refractivity contribution >= 4 is 11.9 Å². The highest BCUT2D eigenvalue weighted by molar-refractivity contribution is 5.93. The van der Waals surface area contributed by atoms with Gasteiger partial charge >= 0.3 is 11.9 Å². The van der Waals surface area contributed by atoms with Crippen molar-refractivity contribution in [3.8, 4) is 0 Å². The maximum Gasteiger partial charge on any atom is 0.339 e. The fourth-order valence-corrected chi connectivity index (χ4v) is 1.65. The molecule has 0 aliphatic rings. The first-order chi connectivity index (χ1) is 10.6. The Balaban J connectivity index is 2.89. The van der Waals surface area contributed by atoms with Crippen LogP contribution in [0.25, 0.3) is 0 Å². The Hall–Kier alpha value is -2.60. The minimum Gasteiger partial charge on any atom is -0.466 e. The second-order valence-electron chi connectivity index (χ2n) is 4.26. The molecule has 0 aromatic heterocycles. The van der Waals surface area contributed by atoms with E-state index in [-0.39, 0.29) is 18.2 Å². The van der Waals surface area contributed by atoms with Crippen molar-refractivity contribution in [2.75, 3.05) is 20.8 Å². The quantitative estimate of drug-likeness (QED) is 0.446. The first-order valence-electron chi connectivity index (χ1n) is 6.58. The molecule has 0 bridgehead atoms. The third kappa shape index (κ3) is 5.41. The topological polar surface area (TPSA) is 84.9 Å². The molecular weight excluding hydrogens is 286 g/mol. The predicted molar refractivity (Wildman–Crippen MR) is 80.7 cm³/mol. The third-order valence-corrected chi connectivity index (χ3v) is 2.85. The highest BCUT2D eigenvalue weighted by atomic mass is 16.5. The Kier molecular flexibility index (Phi) is 7.42. The van der Waals surface area contributed by atoms with E-state index in [9.17, 15) is 14.7 Å². The van der Waals surface area contributed by atoms with Crippen LogP contribution in [0.1, 0.15) is 11.6 Å². The van der Waals surface area contributed by atoms with Gasteiger partial charge in [0.2, 0.25) is 0 Å². The van der Waals surface area contributed by atoms with Crippen LogP contribution in [0.2, 0.25) is 0 Å². The van der Waals surface area contributed by atoms with Crippen LogP contribution in [-0.4, -0.2) is 37.9 Å². The molecule has 1 rings (SSSR count). The van der Waals surface area contributed by atoms with E-state index >= 15 is 0 Å². The van der Waals surface area contributed by atoms with E-state index in [1.165, 1.54) is 26.5 Å². The van der Waals surface area contributed by atoms with E-state index in [0.717, 1.165) is 11.6 Å². The Bertz CT molecular complexity index is 551. The van der Waals surface area contributed by atoms with Gasteiger partial charge in [-0.2, -0.15) is 0 Å². The summed E-state index contributed by atoms with van der Waals surface area (Å²) in [6.45, 7) is -0.157. The molecule has 6 heteroatoms. The van der Waals surface area contributed by atoms with Gasteiger partial charge in [0.1, 0.15) is 0 Å². The number of hydrogen-bond donors (Lipinski definition) is 2. The third-order valence-electron chi connectivity index (χ3n) is 2.85. The van der Waals surface area contributed by atoms with Crippen LogP contribution in [-0.2, 0) is 19.1 Å². The van der Waals surface area contributed by atoms with Crippen molar-refractivity contribution in [3.05, 3.63) is 59.8 Å². The Morgan fingerprint density at radius 3 is 2.41 bits per heavy atom. The highest BCUT2D eigenvalue weighted by Gasteiger charge is 2.11. The zero-order valence-corrected chi connectivity index (χ0v) is 12.5. The molecule has 1 aromatic rings. The normalized spacial score (nSPS) is 12.8. The van der Waals surface area contributed by atoms with E-state index < -0.39 is 11.9 Å². The minimum absolute atomic E-state index is 0.127. The number of rotatable bonds is 7. The van der Waals surface area contributed by atoms with E-state index in [4.69, 9.17) is 0 Å². The number of methoxy groups -OCH3 is 2. The molecule has 0 heterocycles. The number of hydrogen-bond acceptors (Lipinski definition) is 6. The molecule has 1 atom stereocenters. The summed E-state index contributed by atoms with van der Waals surface area (Å²) < 4.78 is 9.10. The molecule has 118 valence electrons. The number of esters is 2. The number of ether oxygens (including phenoxy) is 2. The van der Waals surface area contributed by atoms with Gasteiger partial charge in [0.15, 0.2) is 0 Å². The van der Waals surface area contributed by atoms with E-state index in [1.54, 1.807) is 0 Å². The Labute approximate surface area is 129 Å². The van der Waals surface area contributed by atoms with Gasteiger partial charge in [0, 0.05) is 12.3 Å². The summed E-state index contributed by atoms with van der Waals surface area (Å²) in [6.07, 6.45) is 3.78. The van der Waals surface area contributed by atoms with E-state index in [0.29, 0.717) is 0 Å². The fraction of sp³-hybridized carbons (Fsp3) is 0.250. The largest absolute Gasteiger partial charge is 0.466 e. The average Bonchev–Trinajstić information content (AvgIpc) is 2.57. The Morgan fingerprint density at radius 1 is 1.18 bits per heavy atom. The summed E-state index contributed by atoms with van der Waals surface area (Å²) >= 11 is 0. The van der Waals surface area contributed by atoms with Gasteiger partial charge in [0.05, 0.1) is 32.4 Å². The smallest absolute Gasteiger partial charge is 0.339 e. The molecule has 2 N–H and O–H groups in total. The molecule has 0 amide bonds. The number of carbonyl (C=O) groups excluding carboxylic acids is 2. The van der Waals surface area contributed by atoms with Gasteiger partial charge in [-0.25, -0.2) is 9.59 Å². The SMILES string of the molecule is COC(=O)/C=C/C(=C\NC(CO)c1ccccc1)C(=O)OC. The first-order valence-corrected chi connectivity index (χ1v) is 6.58. The summed E-state index contributed by atoms with van der Waals surface area (Å²) in [5.74, 6) is -1.20. The van der Waals surface area contributed by atoms with Crippen LogP contribution in [0.3, 0.4) is 0 Å². The number of nitrogens with one attached hydrogen (secondary N) is 1. The lowest BCUT2D eigenvalue weighted by atomic mass is 10.1. The number of aliphatic hydroxyl groups excluding tert-OH is 1. The molecule has 0 spiro atoms. The van der Waals surface area contributed by atoms with Crippen molar-refractivity contribution in [2.24, 2.45) is 0 Å². The minimum atomic E-state index is -0.614. The molecule has 22 heavy (non-hydrogen) atoms. The van der Waals surface area contributed by atoms with E-state index in [1.807, 2.05) is 30.3 Å². The van der Waals surface area contributed by atoms with Crippen molar-refractivity contribution in [1.29, 1.82) is 0 Å². The molecule has 0 aliphatic carbocycles. The van der Waals surface area contributed by atoms with Crippen molar-refractivity contribution in [1.82, 2.24) is 5.32 Å². The summed E-state index contributed by atoms with van der Waals surface area (Å²) in [6, 6.07) is 8.89. The lowest BCUT2D eigenvalue weighted by molar-refractivity contribution is -0.135.